The Kier molecular flexibility index (Phi) is 6.25. The number of anilines is 1. The van der Waals surface area contributed by atoms with Crippen molar-refractivity contribution in [2.45, 2.75) is 25.0 Å². The Morgan fingerprint density at radius 2 is 1.78 bits per heavy atom. The summed E-state index contributed by atoms with van der Waals surface area (Å²) in [6.45, 7) is 1.54. The number of para-hydroxylation sites is 1. The maximum Gasteiger partial charge on any atom is 0.357 e. The van der Waals surface area contributed by atoms with E-state index >= 15 is 0 Å². The summed E-state index contributed by atoms with van der Waals surface area (Å²) < 4.78 is 11.1. The van der Waals surface area contributed by atoms with Crippen molar-refractivity contribution in [2.75, 3.05) is 25.0 Å². The van der Waals surface area contributed by atoms with Gasteiger partial charge in [0, 0.05) is 51.1 Å². The van der Waals surface area contributed by atoms with Gasteiger partial charge in [0.2, 0.25) is 0 Å². The summed E-state index contributed by atoms with van der Waals surface area (Å²) in [5.41, 5.74) is 1.10. The van der Waals surface area contributed by atoms with Gasteiger partial charge in [-0.15, -0.1) is 0 Å². The Morgan fingerprint density at radius 1 is 1.11 bits per heavy atom. The molecule has 0 aliphatic carbocycles. The number of nitrogens with one attached hydrogen (secondary N) is 1. The van der Waals surface area contributed by atoms with E-state index in [4.69, 9.17) is 9.47 Å². The van der Waals surface area contributed by atoms with E-state index in [-0.39, 0.29) is 6.10 Å². The summed E-state index contributed by atoms with van der Waals surface area (Å²) in [5.74, 6) is -0.755. The van der Waals surface area contributed by atoms with Crippen molar-refractivity contribution in [2.24, 2.45) is 0 Å². The SMILES string of the molecule is CNC(=O)C(Oc1ccccc1)C(=O)OC1CCN(c2ccncc2)CC1. The smallest absolute Gasteiger partial charge is 0.357 e. The quantitative estimate of drug-likeness (QED) is 0.618. The minimum atomic E-state index is -1.32. The van der Waals surface area contributed by atoms with Crippen molar-refractivity contribution in [1.82, 2.24) is 10.3 Å². The second-order valence-corrected chi connectivity index (χ2v) is 6.25. The molecule has 0 radical (unpaired) electrons. The van der Waals surface area contributed by atoms with Gasteiger partial charge in [0.05, 0.1) is 0 Å². The van der Waals surface area contributed by atoms with E-state index in [0.29, 0.717) is 18.6 Å². The number of esters is 1. The molecule has 1 N–H and O–H groups in total. The lowest BCUT2D eigenvalue weighted by atomic mass is 10.1. The molecule has 1 fully saturated rings. The molecule has 7 heteroatoms. The summed E-state index contributed by atoms with van der Waals surface area (Å²) in [6.07, 6.45) is 3.35. The molecule has 1 amide bonds. The molecule has 0 bridgehead atoms. The number of hydrogen-bond donors (Lipinski definition) is 1. The van der Waals surface area contributed by atoms with Crippen LogP contribution in [0.15, 0.2) is 54.9 Å². The molecule has 1 aromatic carbocycles. The van der Waals surface area contributed by atoms with Gasteiger partial charge < -0.3 is 19.7 Å². The minimum absolute atomic E-state index is 0.234. The maximum absolute atomic E-state index is 12.5. The normalized spacial score (nSPS) is 15.7. The van der Waals surface area contributed by atoms with Gasteiger partial charge in [-0.3, -0.25) is 9.78 Å². The van der Waals surface area contributed by atoms with E-state index in [0.717, 1.165) is 18.8 Å². The molecule has 3 rings (SSSR count). The van der Waals surface area contributed by atoms with Crippen LogP contribution in [0, 0.1) is 0 Å². The van der Waals surface area contributed by atoms with E-state index in [1.54, 1.807) is 36.7 Å². The lowest BCUT2D eigenvalue weighted by Crippen LogP contribution is -2.46. The van der Waals surface area contributed by atoms with E-state index in [1.807, 2.05) is 18.2 Å². The number of piperidine rings is 1. The highest BCUT2D eigenvalue weighted by atomic mass is 16.6. The van der Waals surface area contributed by atoms with Gasteiger partial charge >= 0.3 is 5.97 Å². The third kappa shape index (κ3) is 4.97. The first-order valence-corrected chi connectivity index (χ1v) is 8.96. The summed E-state index contributed by atoms with van der Waals surface area (Å²) in [4.78, 5) is 30.9. The zero-order valence-electron chi connectivity index (χ0n) is 15.2. The Balaban J connectivity index is 1.57. The molecule has 142 valence electrons. The summed E-state index contributed by atoms with van der Waals surface area (Å²) >= 11 is 0. The van der Waals surface area contributed by atoms with Crippen LogP contribution in [0.2, 0.25) is 0 Å². The number of carbonyl (C=O) groups excluding carboxylic acids is 2. The van der Waals surface area contributed by atoms with Crippen LogP contribution in [0.1, 0.15) is 12.8 Å². The first-order chi connectivity index (χ1) is 13.2. The van der Waals surface area contributed by atoms with Crippen LogP contribution in [0.3, 0.4) is 0 Å². The standard InChI is InChI=1S/C20H23N3O4/c1-21-19(24)18(26-16-5-3-2-4-6-16)20(25)27-17-9-13-23(14-10-17)15-7-11-22-12-8-15/h2-8,11-12,17-18H,9-10,13-14H2,1H3,(H,21,24). The number of benzene rings is 1. The van der Waals surface area contributed by atoms with Crippen LogP contribution in [0.4, 0.5) is 5.69 Å². The van der Waals surface area contributed by atoms with E-state index in [1.165, 1.54) is 7.05 Å². The first kappa shape index (κ1) is 18.7. The highest BCUT2D eigenvalue weighted by Crippen LogP contribution is 2.21. The van der Waals surface area contributed by atoms with Gasteiger partial charge in [-0.2, -0.15) is 0 Å². The fourth-order valence-corrected chi connectivity index (χ4v) is 2.99. The van der Waals surface area contributed by atoms with Crippen molar-refractivity contribution in [3.8, 4) is 5.75 Å². The molecule has 27 heavy (non-hydrogen) atoms. The minimum Gasteiger partial charge on any atom is -0.469 e. The summed E-state index contributed by atoms with van der Waals surface area (Å²) in [6, 6.07) is 12.7. The number of aromatic nitrogens is 1. The van der Waals surface area contributed by atoms with Gasteiger partial charge in [-0.25, -0.2) is 4.79 Å². The number of pyridine rings is 1. The van der Waals surface area contributed by atoms with Gasteiger partial charge in [0.1, 0.15) is 11.9 Å². The molecule has 1 saturated heterocycles. The molecule has 1 aliphatic rings. The van der Waals surface area contributed by atoms with Gasteiger partial charge in [-0.1, -0.05) is 18.2 Å². The molecule has 1 unspecified atom stereocenters. The topological polar surface area (TPSA) is 80.8 Å². The predicted octanol–water partition coefficient (Wildman–Crippen LogP) is 1.79. The first-order valence-electron chi connectivity index (χ1n) is 8.96. The molecule has 0 spiro atoms. The van der Waals surface area contributed by atoms with Gasteiger partial charge in [0.25, 0.3) is 12.0 Å². The Bertz CT molecular complexity index is 746. The van der Waals surface area contributed by atoms with E-state index in [9.17, 15) is 9.59 Å². The Hall–Kier alpha value is -3.09. The second kappa shape index (κ2) is 9.02. The van der Waals surface area contributed by atoms with Crippen LogP contribution in [0.25, 0.3) is 0 Å². The monoisotopic (exact) mass is 369 g/mol. The summed E-state index contributed by atoms with van der Waals surface area (Å²) in [5, 5.41) is 2.45. The number of ether oxygens (including phenoxy) is 2. The lowest BCUT2D eigenvalue weighted by molar-refractivity contribution is -0.162. The fourth-order valence-electron chi connectivity index (χ4n) is 2.99. The second-order valence-electron chi connectivity index (χ2n) is 6.25. The molecule has 2 aromatic rings. The number of carbonyl (C=O) groups is 2. The van der Waals surface area contributed by atoms with Crippen LogP contribution >= 0.6 is 0 Å². The molecule has 0 saturated carbocycles. The zero-order chi connectivity index (χ0) is 19.1. The lowest BCUT2D eigenvalue weighted by Gasteiger charge is -2.33. The van der Waals surface area contributed by atoms with Crippen LogP contribution in [-0.4, -0.2) is 49.2 Å². The molecule has 7 nitrogen and oxygen atoms in total. The number of hydrogen-bond acceptors (Lipinski definition) is 6. The molecule has 1 aromatic heterocycles. The van der Waals surface area contributed by atoms with Crippen molar-refractivity contribution < 1.29 is 19.1 Å². The molecule has 1 aliphatic heterocycles. The van der Waals surface area contributed by atoms with Crippen LogP contribution < -0.4 is 15.0 Å². The Morgan fingerprint density at radius 3 is 2.41 bits per heavy atom. The molecular weight excluding hydrogens is 346 g/mol. The number of rotatable bonds is 6. The Labute approximate surface area is 158 Å². The maximum atomic E-state index is 12.5. The average Bonchev–Trinajstić information content (AvgIpc) is 2.73. The number of likely N-dealkylation sites (N-methyl/N-ethyl adjacent to an activating group) is 1. The average molecular weight is 369 g/mol. The highest BCUT2D eigenvalue weighted by molar-refractivity contribution is 6.01. The highest BCUT2D eigenvalue weighted by Gasteiger charge is 2.33. The summed E-state index contributed by atoms with van der Waals surface area (Å²) in [7, 11) is 1.46. The van der Waals surface area contributed by atoms with Gasteiger partial charge in [-0.05, 0) is 24.3 Å². The van der Waals surface area contributed by atoms with Crippen molar-refractivity contribution in [1.29, 1.82) is 0 Å². The molecule has 1 atom stereocenters. The van der Waals surface area contributed by atoms with E-state index < -0.39 is 18.0 Å². The van der Waals surface area contributed by atoms with Gasteiger partial charge in [0.15, 0.2) is 0 Å². The molecular formula is C20H23N3O4. The van der Waals surface area contributed by atoms with Crippen molar-refractivity contribution >= 4 is 17.6 Å². The zero-order valence-corrected chi connectivity index (χ0v) is 15.2. The largest absolute Gasteiger partial charge is 0.469 e. The third-order valence-corrected chi connectivity index (χ3v) is 4.45. The third-order valence-electron chi connectivity index (χ3n) is 4.45. The van der Waals surface area contributed by atoms with E-state index in [2.05, 4.69) is 15.2 Å². The van der Waals surface area contributed by atoms with Crippen molar-refractivity contribution in [3.63, 3.8) is 0 Å². The fraction of sp³-hybridized carbons (Fsp3) is 0.350. The van der Waals surface area contributed by atoms with Crippen molar-refractivity contribution in [3.05, 3.63) is 54.9 Å². The predicted molar refractivity (Wildman–Crippen MR) is 100 cm³/mol. The molecule has 2 heterocycles. The van der Waals surface area contributed by atoms with Crippen LogP contribution in [0.5, 0.6) is 5.75 Å². The van der Waals surface area contributed by atoms with Crippen LogP contribution in [-0.2, 0) is 14.3 Å². The number of amides is 1. The number of nitrogens with zero attached hydrogens (tertiary/aromatic N) is 2.